The van der Waals surface area contributed by atoms with Gasteiger partial charge in [0.15, 0.2) is 5.84 Å². The molecule has 1 heterocycles. The Labute approximate surface area is 96.3 Å². The average molecular weight is 242 g/mol. The Morgan fingerprint density at radius 2 is 2.31 bits per heavy atom. The first-order valence-corrected chi connectivity index (χ1v) is 5.60. The summed E-state index contributed by atoms with van der Waals surface area (Å²) in [5, 5.41) is 11.6. The van der Waals surface area contributed by atoms with Crippen LogP contribution in [0.25, 0.3) is 0 Å². The van der Waals surface area contributed by atoms with Gasteiger partial charge in [0, 0.05) is 10.5 Å². The molecule has 0 aromatic heterocycles. The van der Waals surface area contributed by atoms with Gasteiger partial charge in [0.25, 0.3) is 0 Å². The maximum atomic E-state index is 13.6. The van der Waals surface area contributed by atoms with Crippen LogP contribution in [0.2, 0.25) is 0 Å². The molecule has 1 aliphatic heterocycles. The van der Waals surface area contributed by atoms with Gasteiger partial charge in [-0.3, -0.25) is 0 Å². The molecule has 1 fully saturated rings. The summed E-state index contributed by atoms with van der Waals surface area (Å²) >= 11 is 1.44. The molecule has 86 valence electrons. The van der Waals surface area contributed by atoms with Gasteiger partial charge >= 0.3 is 0 Å². The first-order chi connectivity index (χ1) is 7.70. The first-order valence-electron chi connectivity index (χ1n) is 4.72. The highest BCUT2D eigenvalue weighted by Crippen LogP contribution is 2.30. The molecule has 0 radical (unpaired) electrons. The van der Waals surface area contributed by atoms with Crippen LogP contribution in [0.5, 0.6) is 0 Å². The maximum Gasteiger partial charge on any atom is 0.170 e. The van der Waals surface area contributed by atoms with Gasteiger partial charge < -0.3 is 15.7 Å². The summed E-state index contributed by atoms with van der Waals surface area (Å²) < 4.78 is 18.6. The van der Waals surface area contributed by atoms with E-state index in [1.54, 1.807) is 12.1 Å². The Balaban J connectivity index is 2.15. The number of hydrogen-bond acceptors (Lipinski definition) is 4. The monoisotopic (exact) mass is 242 g/mol. The normalized spacial score (nSPS) is 17.2. The molecule has 6 heteroatoms. The zero-order valence-corrected chi connectivity index (χ0v) is 9.21. The molecule has 1 aromatic carbocycles. The molecule has 0 aliphatic carbocycles. The van der Waals surface area contributed by atoms with Gasteiger partial charge in [-0.15, -0.1) is 11.8 Å². The van der Waals surface area contributed by atoms with E-state index in [4.69, 9.17) is 15.7 Å². The number of halogens is 1. The van der Waals surface area contributed by atoms with Gasteiger partial charge in [-0.25, -0.2) is 4.39 Å². The third-order valence-electron chi connectivity index (χ3n) is 2.24. The molecule has 4 nitrogen and oxygen atoms in total. The second-order valence-corrected chi connectivity index (χ2v) is 4.75. The van der Waals surface area contributed by atoms with Crippen molar-refractivity contribution in [3.05, 3.63) is 29.6 Å². The molecule has 1 aliphatic rings. The van der Waals surface area contributed by atoms with Crippen molar-refractivity contribution in [2.45, 2.75) is 10.1 Å². The predicted octanol–water partition coefficient (Wildman–Crippen LogP) is 1.41. The highest BCUT2D eigenvalue weighted by atomic mass is 32.2. The van der Waals surface area contributed by atoms with Crippen LogP contribution in [0.1, 0.15) is 5.56 Å². The number of benzene rings is 1. The third kappa shape index (κ3) is 2.28. The summed E-state index contributed by atoms with van der Waals surface area (Å²) in [6.45, 7) is 1.32. The van der Waals surface area contributed by atoms with Crippen LogP contribution in [0.3, 0.4) is 0 Å². The van der Waals surface area contributed by atoms with Crippen LogP contribution in [0.15, 0.2) is 28.3 Å². The van der Waals surface area contributed by atoms with Gasteiger partial charge in [-0.1, -0.05) is 5.16 Å². The van der Waals surface area contributed by atoms with E-state index in [1.807, 2.05) is 0 Å². The van der Waals surface area contributed by atoms with Gasteiger partial charge in [0.05, 0.1) is 18.5 Å². The molecule has 0 bridgehead atoms. The molecule has 0 amide bonds. The number of nitrogens with zero attached hydrogens (tertiary/aromatic N) is 1. The van der Waals surface area contributed by atoms with Crippen molar-refractivity contribution in [2.24, 2.45) is 10.9 Å². The molecular weight excluding hydrogens is 231 g/mol. The molecule has 1 aromatic rings. The van der Waals surface area contributed by atoms with Gasteiger partial charge in [0.2, 0.25) is 0 Å². The number of hydrogen-bond donors (Lipinski definition) is 2. The lowest BCUT2D eigenvalue weighted by Crippen LogP contribution is -2.30. The quantitative estimate of drug-likeness (QED) is 0.364. The van der Waals surface area contributed by atoms with Crippen LogP contribution >= 0.6 is 11.8 Å². The summed E-state index contributed by atoms with van der Waals surface area (Å²) in [5.41, 5.74) is 5.73. The first kappa shape index (κ1) is 11.2. The topological polar surface area (TPSA) is 67.8 Å². The molecule has 0 unspecified atom stereocenters. The lowest BCUT2D eigenvalue weighted by atomic mass is 10.2. The second-order valence-electron chi connectivity index (χ2n) is 3.41. The fourth-order valence-electron chi connectivity index (χ4n) is 1.28. The molecule has 0 saturated carbocycles. The maximum absolute atomic E-state index is 13.6. The average Bonchev–Trinajstić information content (AvgIpc) is 2.23. The van der Waals surface area contributed by atoms with E-state index in [1.165, 1.54) is 17.8 Å². The van der Waals surface area contributed by atoms with Crippen molar-refractivity contribution in [3.63, 3.8) is 0 Å². The SMILES string of the molecule is NC(=NO)c1ccc(SC2COC2)c(F)c1. The standard InChI is InChI=1S/C10H11FN2O2S/c11-8-3-6(10(12)13-14)1-2-9(8)16-7-4-15-5-7/h1-3,7,14H,4-5H2,(H2,12,13). The van der Waals surface area contributed by atoms with Crippen molar-refractivity contribution in [2.75, 3.05) is 13.2 Å². The summed E-state index contributed by atoms with van der Waals surface area (Å²) in [5.74, 6) is -0.455. The Morgan fingerprint density at radius 3 is 2.81 bits per heavy atom. The van der Waals surface area contributed by atoms with Crippen molar-refractivity contribution in [3.8, 4) is 0 Å². The van der Waals surface area contributed by atoms with Crippen molar-refractivity contribution in [1.29, 1.82) is 0 Å². The Kier molecular flexibility index (Phi) is 3.31. The van der Waals surface area contributed by atoms with E-state index >= 15 is 0 Å². The molecule has 2 rings (SSSR count). The van der Waals surface area contributed by atoms with Crippen LogP contribution in [0.4, 0.5) is 4.39 Å². The van der Waals surface area contributed by atoms with Crippen molar-refractivity contribution < 1.29 is 14.3 Å². The Bertz CT molecular complexity index is 421. The lowest BCUT2D eigenvalue weighted by Gasteiger charge is -2.25. The molecule has 1 saturated heterocycles. The minimum absolute atomic E-state index is 0.0950. The molecule has 16 heavy (non-hydrogen) atoms. The fraction of sp³-hybridized carbons (Fsp3) is 0.300. The number of amidine groups is 1. The predicted molar refractivity (Wildman–Crippen MR) is 59.4 cm³/mol. The smallest absolute Gasteiger partial charge is 0.170 e. The summed E-state index contributed by atoms with van der Waals surface area (Å²) in [6.07, 6.45) is 0. The van der Waals surface area contributed by atoms with E-state index < -0.39 is 0 Å². The number of rotatable bonds is 3. The van der Waals surface area contributed by atoms with Crippen molar-refractivity contribution in [1.82, 2.24) is 0 Å². The Morgan fingerprint density at radius 1 is 1.56 bits per heavy atom. The minimum Gasteiger partial charge on any atom is -0.409 e. The highest BCUT2D eigenvalue weighted by Gasteiger charge is 2.21. The van der Waals surface area contributed by atoms with E-state index in [0.717, 1.165) is 0 Å². The largest absolute Gasteiger partial charge is 0.409 e. The summed E-state index contributed by atoms with van der Waals surface area (Å²) in [7, 11) is 0. The molecular formula is C10H11FN2O2S. The molecule has 3 N–H and O–H groups in total. The van der Waals surface area contributed by atoms with E-state index in [2.05, 4.69) is 5.16 Å². The molecule has 0 spiro atoms. The minimum atomic E-state index is -0.360. The second kappa shape index (κ2) is 4.71. The zero-order valence-electron chi connectivity index (χ0n) is 8.39. The highest BCUT2D eigenvalue weighted by molar-refractivity contribution is 8.00. The zero-order chi connectivity index (χ0) is 11.5. The van der Waals surface area contributed by atoms with Gasteiger partial charge in [0.1, 0.15) is 5.82 Å². The van der Waals surface area contributed by atoms with E-state index in [-0.39, 0.29) is 11.7 Å². The van der Waals surface area contributed by atoms with Gasteiger partial charge in [-0.2, -0.15) is 0 Å². The number of ether oxygens (including phenoxy) is 1. The van der Waals surface area contributed by atoms with E-state index in [0.29, 0.717) is 28.9 Å². The summed E-state index contributed by atoms with van der Waals surface area (Å²) in [6, 6.07) is 4.52. The Hall–Kier alpha value is -1.27. The van der Waals surface area contributed by atoms with Crippen LogP contribution in [0, 0.1) is 5.82 Å². The van der Waals surface area contributed by atoms with Crippen LogP contribution < -0.4 is 5.73 Å². The van der Waals surface area contributed by atoms with Crippen LogP contribution in [-0.4, -0.2) is 29.5 Å². The summed E-state index contributed by atoms with van der Waals surface area (Å²) in [4.78, 5) is 0.558. The van der Waals surface area contributed by atoms with Crippen LogP contribution in [-0.2, 0) is 4.74 Å². The van der Waals surface area contributed by atoms with Gasteiger partial charge in [-0.05, 0) is 18.2 Å². The number of nitrogens with two attached hydrogens (primary N) is 1. The number of thioether (sulfide) groups is 1. The van der Waals surface area contributed by atoms with E-state index in [9.17, 15) is 4.39 Å². The number of oxime groups is 1. The third-order valence-corrected chi connectivity index (χ3v) is 3.43. The lowest BCUT2D eigenvalue weighted by molar-refractivity contribution is 0.0455. The molecule has 0 atom stereocenters. The fourth-order valence-corrected chi connectivity index (χ4v) is 2.28. The van der Waals surface area contributed by atoms with Crippen molar-refractivity contribution >= 4 is 17.6 Å².